The topological polar surface area (TPSA) is 89.5 Å². The van der Waals surface area contributed by atoms with Crippen LogP contribution in [0.2, 0.25) is 0 Å². The monoisotopic (exact) mass is 347 g/mol. The number of ketones is 1. The Hall–Kier alpha value is -2.67. The van der Waals surface area contributed by atoms with Crippen LogP contribution in [0.4, 0.5) is 5.69 Å². The number of anilines is 1. The molecule has 1 N–H and O–H groups in total. The number of nitrogens with one attached hydrogen (secondary N) is 1. The van der Waals surface area contributed by atoms with Gasteiger partial charge in [0.2, 0.25) is 10.0 Å². The van der Waals surface area contributed by atoms with Crippen molar-refractivity contribution in [2.24, 2.45) is 0 Å². The molecule has 0 amide bonds. The van der Waals surface area contributed by atoms with Gasteiger partial charge in [-0.25, -0.2) is 13.2 Å². The standard InChI is InChI=1S/C17H17NO5S/c1-12-3-5-14(6-4-12)17(20)23-11-16(19)13-7-9-15(10-8-13)18-24(2,21)22/h3-10,18H,11H2,1-2H3. The maximum absolute atomic E-state index is 12.0. The van der Waals surface area contributed by atoms with Gasteiger partial charge < -0.3 is 4.74 Å². The molecule has 0 aliphatic heterocycles. The highest BCUT2D eigenvalue weighted by Gasteiger charge is 2.12. The van der Waals surface area contributed by atoms with Crippen LogP contribution in [0.25, 0.3) is 0 Å². The van der Waals surface area contributed by atoms with E-state index in [9.17, 15) is 18.0 Å². The van der Waals surface area contributed by atoms with Crippen LogP contribution in [-0.4, -0.2) is 33.0 Å². The Morgan fingerprint density at radius 2 is 1.50 bits per heavy atom. The predicted octanol–water partition coefficient (Wildman–Crippen LogP) is 2.41. The molecule has 6 nitrogen and oxygen atoms in total. The molecule has 2 rings (SSSR count). The van der Waals surface area contributed by atoms with E-state index in [-0.39, 0.29) is 12.4 Å². The van der Waals surface area contributed by atoms with Crippen LogP contribution in [0.3, 0.4) is 0 Å². The van der Waals surface area contributed by atoms with Crippen molar-refractivity contribution in [2.75, 3.05) is 17.6 Å². The van der Waals surface area contributed by atoms with E-state index in [2.05, 4.69) is 4.72 Å². The summed E-state index contributed by atoms with van der Waals surface area (Å²) in [6.45, 7) is 1.52. The third-order valence-corrected chi connectivity index (χ3v) is 3.74. The van der Waals surface area contributed by atoms with Gasteiger partial charge >= 0.3 is 5.97 Å². The number of esters is 1. The van der Waals surface area contributed by atoms with Gasteiger partial charge in [-0.3, -0.25) is 9.52 Å². The lowest BCUT2D eigenvalue weighted by molar-refractivity contribution is 0.0475. The molecule has 0 saturated carbocycles. The molecule has 126 valence electrons. The Morgan fingerprint density at radius 3 is 2.04 bits per heavy atom. The Kier molecular flexibility index (Phi) is 5.35. The fourth-order valence-electron chi connectivity index (χ4n) is 1.93. The van der Waals surface area contributed by atoms with Gasteiger partial charge in [-0.05, 0) is 43.3 Å². The second-order valence-corrected chi connectivity index (χ2v) is 7.07. The van der Waals surface area contributed by atoms with Crippen molar-refractivity contribution in [1.29, 1.82) is 0 Å². The summed E-state index contributed by atoms with van der Waals surface area (Å²) in [4.78, 5) is 23.9. The van der Waals surface area contributed by atoms with Gasteiger partial charge in [0, 0.05) is 11.3 Å². The molecule has 0 saturated heterocycles. The van der Waals surface area contributed by atoms with E-state index in [1.165, 1.54) is 24.3 Å². The number of hydrogen-bond donors (Lipinski definition) is 1. The molecule has 0 heterocycles. The minimum Gasteiger partial charge on any atom is -0.454 e. The number of hydrogen-bond acceptors (Lipinski definition) is 5. The van der Waals surface area contributed by atoms with E-state index in [0.717, 1.165) is 11.8 Å². The summed E-state index contributed by atoms with van der Waals surface area (Å²) in [5, 5.41) is 0. The zero-order chi connectivity index (χ0) is 17.7. The SMILES string of the molecule is Cc1ccc(C(=O)OCC(=O)c2ccc(NS(C)(=O)=O)cc2)cc1. The number of carbonyl (C=O) groups is 2. The fourth-order valence-corrected chi connectivity index (χ4v) is 2.49. The number of rotatable bonds is 6. The van der Waals surface area contributed by atoms with Crippen molar-refractivity contribution < 1.29 is 22.7 Å². The molecule has 0 spiro atoms. The maximum Gasteiger partial charge on any atom is 0.338 e. The molecule has 2 aromatic carbocycles. The van der Waals surface area contributed by atoms with Crippen molar-refractivity contribution in [1.82, 2.24) is 0 Å². The Bertz CT molecular complexity index is 840. The van der Waals surface area contributed by atoms with Gasteiger partial charge in [-0.15, -0.1) is 0 Å². The molecule has 0 atom stereocenters. The van der Waals surface area contributed by atoms with Crippen LogP contribution in [0, 0.1) is 6.92 Å². The van der Waals surface area contributed by atoms with E-state index in [1.54, 1.807) is 24.3 Å². The molecule has 0 aliphatic carbocycles. The Balaban J connectivity index is 1.95. The van der Waals surface area contributed by atoms with Crippen LogP contribution in [0.1, 0.15) is 26.3 Å². The van der Waals surface area contributed by atoms with Crippen molar-refractivity contribution in [2.45, 2.75) is 6.92 Å². The molecule has 24 heavy (non-hydrogen) atoms. The number of ether oxygens (including phenoxy) is 1. The van der Waals surface area contributed by atoms with Crippen LogP contribution in [0.5, 0.6) is 0 Å². The number of aryl methyl sites for hydroxylation is 1. The summed E-state index contributed by atoms with van der Waals surface area (Å²) in [6.07, 6.45) is 1.04. The van der Waals surface area contributed by atoms with Gasteiger partial charge in [0.1, 0.15) is 0 Å². The molecule has 0 aliphatic rings. The minimum atomic E-state index is -3.37. The summed E-state index contributed by atoms with van der Waals surface area (Å²) >= 11 is 0. The molecule has 7 heteroatoms. The molecule has 0 fully saturated rings. The minimum absolute atomic E-state index is 0.325. The van der Waals surface area contributed by atoms with E-state index in [0.29, 0.717) is 16.8 Å². The first-order valence-corrected chi connectivity index (χ1v) is 8.98. The first-order chi connectivity index (χ1) is 11.2. The number of sulfonamides is 1. The van der Waals surface area contributed by atoms with Gasteiger partial charge in [0.05, 0.1) is 11.8 Å². The average molecular weight is 347 g/mol. The number of carbonyl (C=O) groups excluding carboxylic acids is 2. The summed E-state index contributed by atoms with van der Waals surface area (Å²) in [6, 6.07) is 12.7. The lowest BCUT2D eigenvalue weighted by Crippen LogP contribution is -2.14. The summed E-state index contributed by atoms with van der Waals surface area (Å²) in [5.74, 6) is -0.944. The van der Waals surface area contributed by atoms with E-state index in [4.69, 9.17) is 4.74 Å². The fraction of sp³-hybridized carbons (Fsp3) is 0.176. The molecule has 0 aromatic heterocycles. The third kappa shape index (κ3) is 5.20. The maximum atomic E-state index is 12.0. The zero-order valence-corrected chi connectivity index (χ0v) is 14.1. The number of benzene rings is 2. The van der Waals surface area contributed by atoms with Gasteiger partial charge in [-0.1, -0.05) is 17.7 Å². The Morgan fingerprint density at radius 1 is 0.958 bits per heavy atom. The van der Waals surface area contributed by atoms with E-state index >= 15 is 0 Å². The predicted molar refractivity (Wildman–Crippen MR) is 90.7 cm³/mol. The first kappa shape index (κ1) is 17.7. The van der Waals surface area contributed by atoms with Crippen LogP contribution < -0.4 is 4.72 Å². The van der Waals surface area contributed by atoms with Crippen LogP contribution in [-0.2, 0) is 14.8 Å². The van der Waals surface area contributed by atoms with Crippen molar-refractivity contribution in [3.8, 4) is 0 Å². The molecule has 0 radical (unpaired) electrons. The van der Waals surface area contributed by atoms with E-state index in [1.807, 2.05) is 6.92 Å². The molecule has 0 bridgehead atoms. The van der Waals surface area contributed by atoms with Crippen molar-refractivity contribution >= 4 is 27.5 Å². The highest BCUT2D eigenvalue weighted by molar-refractivity contribution is 7.92. The number of Topliss-reactive ketones (excluding diaryl/α,β-unsaturated/α-hetero) is 1. The van der Waals surface area contributed by atoms with Crippen LogP contribution >= 0.6 is 0 Å². The molecule has 2 aromatic rings. The smallest absolute Gasteiger partial charge is 0.338 e. The zero-order valence-electron chi connectivity index (χ0n) is 13.3. The lowest BCUT2D eigenvalue weighted by Gasteiger charge is -2.06. The highest BCUT2D eigenvalue weighted by atomic mass is 32.2. The Labute approximate surface area is 140 Å². The third-order valence-electron chi connectivity index (χ3n) is 3.13. The van der Waals surface area contributed by atoms with Crippen molar-refractivity contribution in [3.63, 3.8) is 0 Å². The first-order valence-electron chi connectivity index (χ1n) is 7.09. The van der Waals surface area contributed by atoms with Gasteiger partial charge in [0.25, 0.3) is 0 Å². The summed E-state index contributed by atoms with van der Waals surface area (Å²) < 4.78 is 29.5. The second kappa shape index (κ2) is 7.27. The van der Waals surface area contributed by atoms with E-state index < -0.39 is 16.0 Å². The summed E-state index contributed by atoms with van der Waals surface area (Å²) in [7, 11) is -3.37. The van der Waals surface area contributed by atoms with Crippen molar-refractivity contribution in [3.05, 3.63) is 65.2 Å². The molecular formula is C17H17NO5S. The highest BCUT2D eigenvalue weighted by Crippen LogP contribution is 2.12. The second-order valence-electron chi connectivity index (χ2n) is 5.32. The van der Waals surface area contributed by atoms with Gasteiger partial charge in [0.15, 0.2) is 12.4 Å². The normalized spacial score (nSPS) is 10.9. The molecular weight excluding hydrogens is 330 g/mol. The summed E-state index contributed by atoms with van der Waals surface area (Å²) in [5.41, 5.74) is 2.07. The van der Waals surface area contributed by atoms with Gasteiger partial charge in [-0.2, -0.15) is 0 Å². The van der Waals surface area contributed by atoms with Crippen LogP contribution in [0.15, 0.2) is 48.5 Å². The average Bonchev–Trinajstić information content (AvgIpc) is 2.52. The molecule has 0 unspecified atom stereocenters. The quantitative estimate of drug-likeness (QED) is 0.640. The lowest BCUT2D eigenvalue weighted by atomic mass is 10.1. The largest absolute Gasteiger partial charge is 0.454 e.